The summed E-state index contributed by atoms with van der Waals surface area (Å²) in [5, 5.41) is 3.60. The topological polar surface area (TPSA) is 76.3 Å². The minimum absolute atomic E-state index is 0.0164. The van der Waals surface area contributed by atoms with Crippen LogP contribution in [0.25, 0.3) is 0 Å². The Kier molecular flexibility index (Phi) is 7.38. The van der Waals surface area contributed by atoms with Crippen molar-refractivity contribution in [3.8, 4) is 5.75 Å². The van der Waals surface area contributed by atoms with Crippen molar-refractivity contribution in [1.82, 2.24) is 0 Å². The van der Waals surface area contributed by atoms with Gasteiger partial charge in [0, 0.05) is 22.7 Å². The zero-order valence-electron chi connectivity index (χ0n) is 15.7. The second kappa shape index (κ2) is 9.82. The minimum Gasteiger partial charge on any atom is -0.484 e. The molecule has 0 saturated carbocycles. The van der Waals surface area contributed by atoms with Crippen molar-refractivity contribution in [2.24, 2.45) is 0 Å². The molecule has 0 aliphatic heterocycles. The van der Waals surface area contributed by atoms with Gasteiger partial charge in [0.2, 0.25) is 0 Å². The number of benzene rings is 2. The van der Waals surface area contributed by atoms with Gasteiger partial charge < -0.3 is 10.1 Å². The van der Waals surface area contributed by atoms with Crippen molar-refractivity contribution >= 4 is 56.6 Å². The molecule has 1 N–H and O–H groups in total. The number of nitrogens with one attached hydrogen (secondary N) is 1. The molecular weight excluding hydrogens is 490 g/mol. The number of pyridine rings is 1. The first kappa shape index (κ1) is 23.3. The summed E-state index contributed by atoms with van der Waals surface area (Å²) in [4.78, 5) is 11.7. The van der Waals surface area contributed by atoms with Crippen LogP contribution in [-0.2, 0) is 21.6 Å². The SMILES string of the molecule is O=C(COc1ccc(Cl)c(Cl)c1)Nc1ccc[n+](Cc2cc(Cl)ccc2S(=O)(=O)F)c1. The number of hydrogen-bond acceptors (Lipinski definition) is 4. The number of aromatic nitrogens is 1. The Morgan fingerprint density at radius 3 is 2.55 bits per heavy atom. The molecule has 3 aromatic rings. The molecule has 3 rings (SSSR count). The van der Waals surface area contributed by atoms with Crippen LogP contribution in [0.4, 0.5) is 9.57 Å². The third-order valence-electron chi connectivity index (χ3n) is 4.04. The standard InChI is InChI=1S/C20H14Cl3FN2O4S/c21-14-3-6-19(31(24,28)29)13(8-14)10-26-7-1-2-15(11-26)25-20(27)12-30-16-4-5-17(22)18(23)9-16/h1-9,11H,10,12H2/p+1. The molecule has 0 radical (unpaired) electrons. The Balaban J connectivity index is 1.69. The molecule has 1 aromatic heterocycles. The van der Waals surface area contributed by atoms with Gasteiger partial charge in [-0.3, -0.25) is 4.79 Å². The number of ether oxygens (including phenoxy) is 1. The van der Waals surface area contributed by atoms with Crippen molar-refractivity contribution in [2.75, 3.05) is 11.9 Å². The van der Waals surface area contributed by atoms with Gasteiger partial charge in [-0.1, -0.05) is 34.8 Å². The van der Waals surface area contributed by atoms with Gasteiger partial charge >= 0.3 is 10.2 Å². The van der Waals surface area contributed by atoms with E-state index in [2.05, 4.69) is 5.32 Å². The summed E-state index contributed by atoms with van der Waals surface area (Å²) in [7, 11) is -4.91. The molecule has 1 heterocycles. The van der Waals surface area contributed by atoms with Gasteiger partial charge in [0.05, 0.1) is 10.0 Å². The van der Waals surface area contributed by atoms with Crippen LogP contribution in [0, 0.1) is 0 Å². The summed E-state index contributed by atoms with van der Waals surface area (Å²) in [6.45, 7) is -0.256. The number of rotatable bonds is 7. The van der Waals surface area contributed by atoms with Gasteiger partial charge in [0.15, 0.2) is 25.5 Å². The minimum atomic E-state index is -4.91. The van der Waals surface area contributed by atoms with Gasteiger partial charge in [0.1, 0.15) is 16.3 Å². The maximum atomic E-state index is 13.6. The van der Waals surface area contributed by atoms with E-state index in [4.69, 9.17) is 39.5 Å². The highest BCUT2D eigenvalue weighted by atomic mass is 35.5. The number of hydrogen-bond donors (Lipinski definition) is 1. The Labute approximate surface area is 193 Å². The van der Waals surface area contributed by atoms with Crippen LogP contribution in [0.5, 0.6) is 5.75 Å². The number of amides is 1. The lowest BCUT2D eigenvalue weighted by Crippen LogP contribution is -2.34. The lowest BCUT2D eigenvalue weighted by atomic mass is 10.2. The quantitative estimate of drug-likeness (QED) is 0.375. The van der Waals surface area contributed by atoms with E-state index in [1.54, 1.807) is 41.2 Å². The molecule has 1 amide bonds. The first-order valence-corrected chi connectivity index (χ1v) is 11.2. The molecular formula is C20H15Cl3FN2O4S+. The molecule has 0 aliphatic rings. The molecule has 0 aliphatic carbocycles. The molecule has 0 atom stereocenters. The molecule has 11 heteroatoms. The van der Waals surface area contributed by atoms with Gasteiger partial charge in [-0.2, -0.15) is 13.0 Å². The van der Waals surface area contributed by atoms with Crippen LogP contribution in [0.15, 0.2) is 65.8 Å². The van der Waals surface area contributed by atoms with Crippen molar-refractivity contribution < 1.29 is 26.4 Å². The van der Waals surface area contributed by atoms with E-state index in [1.807, 2.05) is 0 Å². The largest absolute Gasteiger partial charge is 0.484 e. The van der Waals surface area contributed by atoms with E-state index in [9.17, 15) is 17.1 Å². The predicted octanol–water partition coefficient (Wildman–Crippen LogP) is 4.66. The lowest BCUT2D eigenvalue weighted by molar-refractivity contribution is -0.688. The maximum absolute atomic E-state index is 13.6. The summed E-state index contributed by atoms with van der Waals surface area (Å²) in [6, 6.07) is 11.7. The summed E-state index contributed by atoms with van der Waals surface area (Å²) >= 11 is 17.7. The highest BCUT2D eigenvalue weighted by Gasteiger charge is 2.20. The highest BCUT2D eigenvalue weighted by Crippen LogP contribution is 2.26. The molecule has 2 aromatic carbocycles. The van der Waals surface area contributed by atoms with Crippen molar-refractivity contribution in [3.63, 3.8) is 0 Å². The van der Waals surface area contributed by atoms with Crippen LogP contribution >= 0.6 is 34.8 Å². The number of carbonyl (C=O) groups excluding carboxylic acids is 1. The third-order valence-corrected chi connectivity index (χ3v) is 5.94. The smallest absolute Gasteiger partial charge is 0.332 e. The number of halogens is 4. The second-order valence-electron chi connectivity index (χ2n) is 6.37. The van der Waals surface area contributed by atoms with Crippen molar-refractivity contribution in [2.45, 2.75) is 11.4 Å². The van der Waals surface area contributed by atoms with Crippen LogP contribution in [0.3, 0.4) is 0 Å². The second-order valence-corrected chi connectivity index (χ2v) is 8.93. The van der Waals surface area contributed by atoms with E-state index in [0.717, 1.165) is 6.07 Å². The number of anilines is 1. The molecule has 0 spiro atoms. The Bertz CT molecular complexity index is 1240. The number of nitrogens with zero attached hydrogens (tertiary/aromatic N) is 1. The highest BCUT2D eigenvalue weighted by molar-refractivity contribution is 7.86. The lowest BCUT2D eigenvalue weighted by Gasteiger charge is -2.08. The van der Waals surface area contributed by atoms with Gasteiger partial charge in [-0.05, 0) is 36.4 Å². The summed E-state index contributed by atoms with van der Waals surface area (Å²) < 4.78 is 43.3. The van der Waals surface area contributed by atoms with Crippen LogP contribution in [0.1, 0.15) is 5.56 Å². The van der Waals surface area contributed by atoms with Crippen LogP contribution < -0.4 is 14.6 Å². The molecule has 6 nitrogen and oxygen atoms in total. The average Bonchev–Trinajstić information content (AvgIpc) is 2.68. The van der Waals surface area contributed by atoms with Crippen molar-refractivity contribution in [1.29, 1.82) is 0 Å². The Hall–Kier alpha value is -2.39. The molecule has 0 unspecified atom stereocenters. The Morgan fingerprint density at radius 1 is 1.06 bits per heavy atom. The molecule has 31 heavy (non-hydrogen) atoms. The fourth-order valence-corrected chi connectivity index (χ4v) is 3.86. The van der Waals surface area contributed by atoms with E-state index in [1.165, 1.54) is 18.2 Å². The van der Waals surface area contributed by atoms with Gasteiger partial charge in [-0.25, -0.2) is 0 Å². The summed E-state index contributed by atoms with van der Waals surface area (Å²) in [6.07, 6.45) is 3.20. The fraction of sp³-hybridized carbons (Fsp3) is 0.100. The van der Waals surface area contributed by atoms with Crippen molar-refractivity contribution in [3.05, 3.63) is 81.6 Å². The fourth-order valence-electron chi connectivity index (χ4n) is 2.71. The molecule has 162 valence electrons. The first-order chi connectivity index (χ1) is 14.6. The first-order valence-electron chi connectivity index (χ1n) is 8.72. The molecule has 0 fully saturated rings. The van der Waals surface area contributed by atoms with Gasteiger partial charge in [0.25, 0.3) is 5.91 Å². The summed E-state index contributed by atoms with van der Waals surface area (Å²) in [5.41, 5.74) is 0.600. The van der Waals surface area contributed by atoms with Crippen LogP contribution in [0.2, 0.25) is 15.1 Å². The van der Waals surface area contributed by atoms with E-state index < -0.39 is 21.0 Å². The maximum Gasteiger partial charge on any atom is 0.332 e. The van der Waals surface area contributed by atoms with E-state index in [0.29, 0.717) is 21.5 Å². The predicted molar refractivity (Wildman–Crippen MR) is 116 cm³/mol. The monoisotopic (exact) mass is 503 g/mol. The number of carbonyl (C=O) groups is 1. The summed E-state index contributed by atoms with van der Waals surface area (Å²) in [5.74, 6) is -0.0489. The molecule has 0 saturated heterocycles. The van der Waals surface area contributed by atoms with E-state index >= 15 is 0 Å². The molecule has 0 bridgehead atoms. The Morgan fingerprint density at radius 2 is 1.84 bits per heavy atom. The zero-order valence-corrected chi connectivity index (χ0v) is 18.8. The van der Waals surface area contributed by atoms with E-state index in [-0.39, 0.29) is 23.7 Å². The normalized spacial score (nSPS) is 11.2. The zero-order chi connectivity index (χ0) is 22.6. The van der Waals surface area contributed by atoms with Gasteiger partial charge in [-0.15, -0.1) is 3.89 Å². The third kappa shape index (κ3) is 6.54. The van der Waals surface area contributed by atoms with Crippen LogP contribution in [-0.4, -0.2) is 20.9 Å². The average molecular weight is 505 g/mol.